The number of nitrogens with one attached hydrogen (secondary N) is 1. The van der Waals surface area contributed by atoms with Crippen LogP contribution in [0.25, 0.3) is 0 Å². The molecule has 0 bridgehead atoms. The molecule has 1 heterocycles. The fourth-order valence-electron chi connectivity index (χ4n) is 2.84. The van der Waals surface area contributed by atoms with Gasteiger partial charge in [-0.2, -0.15) is 5.10 Å². The molecule has 0 radical (unpaired) electrons. The molecule has 116 valence electrons. The summed E-state index contributed by atoms with van der Waals surface area (Å²) in [7, 11) is 0. The second kappa shape index (κ2) is 6.69. The average Bonchev–Trinajstić information content (AvgIpc) is 2.66. The number of nitro groups is 1. The zero-order chi connectivity index (χ0) is 15.4. The molecule has 1 fully saturated rings. The summed E-state index contributed by atoms with van der Waals surface area (Å²) < 4.78 is 1.42. The third kappa shape index (κ3) is 3.59. The number of carbonyl (C=O) groups excluding carboxylic acids is 1. The minimum Gasteiger partial charge on any atom is -0.352 e. The summed E-state index contributed by atoms with van der Waals surface area (Å²) in [6.45, 7) is 3.33. The summed E-state index contributed by atoms with van der Waals surface area (Å²) in [5.74, 6) is -0.122. The summed E-state index contributed by atoms with van der Waals surface area (Å²) in [6.07, 6.45) is 7.97. The molecule has 1 atom stereocenters. The summed E-state index contributed by atoms with van der Waals surface area (Å²) in [4.78, 5) is 22.7. The van der Waals surface area contributed by atoms with Crippen LogP contribution in [0.15, 0.2) is 6.20 Å². The predicted molar refractivity (Wildman–Crippen MR) is 78.0 cm³/mol. The number of carbonyl (C=O) groups is 1. The standard InChI is InChI=1S/C14H22N4O3/c1-10-13(18(20)21)9-15-17(10)11(2)14(19)16-12-7-5-3-4-6-8-12/h9,11-12H,3-8H2,1-2H3,(H,16,19). The lowest BCUT2D eigenvalue weighted by Gasteiger charge is -2.20. The van der Waals surface area contributed by atoms with E-state index in [-0.39, 0.29) is 17.6 Å². The number of hydrogen-bond donors (Lipinski definition) is 1. The van der Waals surface area contributed by atoms with E-state index in [0.29, 0.717) is 5.69 Å². The molecule has 1 saturated carbocycles. The molecule has 1 unspecified atom stereocenters. The number of nitrogens with zero attached hydrogens (tertiary/aromatic N) is 3. The van der Waals surface area contributed by atoms with Gasteiger partial charge >= 0.3 is 5.69 Å². The molecule has 2 rings (SSSR count). The molecule has 1 aliphatic carbocycles. The van der Waals surface area contributed by atoms with Crippen LogP contribution < -0.4 is 5.32 Å². The van der Waals surface area contributed by atoms with Crippen molar-refractivity contribution in [2.75, 3.05) is 0 Å². The van der Waals surface area contributed by atoms with E-state index in [1.165, 1.54) is 23.7 Å². The Balaban J connectivity index is 2.03. The lowest BCUT2D eigenvalue weighted by Crippen LogP contribution is -2.39. The highest BCUT2D eigenvalue weighted by Gasteiger charge is 2.25. The normalized spacial score (nSPS) is 18.0. The maximum absolute atomic E-state index is 12.3. The average molecular weight is 294 g/mol. The first-order valence-electron chi connectivity index (χ1n) is 7.49. The van der Waals surface area contributed by atoms with Crippen LogP contribution in [0.4, 0.5) is 5.69 Å². The van der Waals surface area contributed by atoms with Crippen LogP contribution in [0.1, 0.15) is 57.2 Å². The zero-order valence-corrected chi connectivity index (χ0v) is 12.5. The molecule has 21 heavy (non-hydrogen) atoms. The fourth-order valence-corrected chi connectivity index (χ4v) is 2.84. The van der Waals surface area contributed by atoms with Gasteiger partial charge < -0.3 is 5.32 Å². The molecule has 1 N–H and O–H groups in total. The smallest absolute Gasteiger partial charge is 0.309 e. The summed E-state index contributed by atoms with van der Waals surface area (Å²) in [6, 6.07) is -0.324. The largest absolute Gasteiger partial charge is 0.352 e. The van der Waals surface area contributed by atoms with Gasteiger partial charge in [-0.3, -0.25) is 19.6 Å². The highest BCUT2D eigenvalue weighted by atomic mass is 16.6. The van der Waals surface area contributed by atoms with Gasteiger partial charge in [0.15, 0.2) is 0 Å². The molecule has 0 aromatic carbocycles. The number of aromatic nitrogens is 2. The Morgan fingerprint density at radius 2 is 2.05 bits per heavy atom. The first-order chi connectivity index (χ1) is 10.0. The molecule has 0 spiro atoms. The van der Waals surface area contributed by atoms with E-state index in [1.807, 2.05) is 0 Å². The second-order valence-electron chi connectivity index (χ2n) is 5.69. The molecular formula is C14H22N4O3. The Morgan fingerprint density at radius 3 is 2.57 bits per heavy atom. The summed E-state index contributed by atoms with van der Waals surface area (Å²) in [5.41, 5.74) is 0.354. The van der Waals surface area contributed by atoms with Crippen LogP contribution in [0.5, 0.6) is 0 Å². The van der Waals surface area contributed by atoms with Crippen LogP contribution >= 0.6 is 0 Å². The van der Waals surface area contributed by atoms with Crippen molar-refractivity contribution in [2.24, 2.45) is 0 Å². The van der Waals surface area contributed by atoms with Gasteiger partial charge in [-0.05, 0) is 26.7 Å². The lowest BCUT2D eigenvalue weighted by molar-refractivity contribution is -0.385. The van der Waals surface area contributed by atoms with Gasteiger partial charge in [-0.15, -0.1) is 0 Å². The lowest BCUT2D eigenvalue weighted by atomic mass is 10.1. The van der Waals surface area contributed by atoms with Gasteiger partial charge in [-0.1, -0.05) is 25.7 Å². The highest BCUT2D eigenvalue weighted by molar-refractivity contribution is 5.80. The van der Waals surface area contributed by atoms with E-state index in [1.54, 1.807) is 13.8 Å². The fraction of sp³-hybridized carbons (Fsp3) is 0.714. The Labute approximate surface area is 123 Å². The van der Waals surface area contributed by atoms with E-state index in [9.17, 15) is 14.9 Å². The van der Waals surface area contributed by atoms with E-state index in [0.717, 1.165) is 25.7 Å². The van der Waals surface area contributed by atoms with Crippen LogP contribution in [0.2, 0.25) is 0 Å². The second-order valence-corrected chi connectivity index (χ2v) is 5.69. The number of rotatable bonds is 4. The van der Waals surface area contributed by atoms with Crippen molar-refractivity contribution < 1.29 is 9.72 Å². The summed E-state index contributed by atoms with van der Waals surface area (Å²) in [5, 5.41) is 17.9. The quantitative estimate of drug-likeness (QED) is 0.525. The van der Waals surface area contributed by atoms with Crippen LogP contribution in [0, 0.1) is 17.0 Å². The minimum atomic E-state index is -0.540. The third-order valence-electron chi connectivity index (χ3n) is 4.16. The molecular weight excluding hydrogens is 272 g/mol. The van der Waals surface area contributed by atoms with Crippen LogP contribution in [-0.2, 0) is 4.79 Å². The maximum Gasteiger partial charge on any atom is 0.309 e. The van der Waals surface area contributed by atoms with Crippen molar-refractivity contribution in [3.63, 3.8) is 0 Å². The van der Waals surface area contributed by atoms with E-state index in [2.05, 4.69) is 10.4 Å². The van der Waals surface area contributed by atoms with Gasteiger partial charge in [-0.25, -0.2) is 0 Å². The molecule has 1 aromatic heterocycles. The zero-order valence-electron chi connectivity index (χ0n) is 12.5. The van der Waals surface area contributed by atoms with E-state index < -0.39 is 11.0 Å². The van der Waals surface area contributed by atoms with E-state index in [4.69, 9.17) is 0 Å². The molecule has 1 aliphatic rings. The molecule has 0 aliphatic heterocycles. The number of amides is 1. The van der Waals surface area contributed by atoms with Crippen molar-refractivity contribution in [1.29, 1.82) is 0 Å². The minimum absolute atomic E-state index is 0.0517. The Kier molecular flexibility index (Phi) is 4.93. The molecule has 1 aromatic rings. The van der Waals surface area contributed by atoms with Gasteiger partial charge in [0.25, 0.3) is 0 Å². The Bertz CT molecular complexity index is 518. The van der Waals surface area contributed by atoms with Crippen molar-refractivity contribution in [1.82, 2.24) is 15.1 Å². The van der Waals surface area contributed by atoms with Crippen molar-refractivity contribution in [2.45, 2.75) is 64.5 Å². The first-order valence-corrected chi connectivity index (χ1v) is 7.49. The van der Waals surface area contributed by atoms with Crippen LogP contribution in [-0.4, -0.2) is 26.7 Å². The molecule has 7 heteroatoms. The van der Waals surface area contributed by atoms with E-state index >= 15 is 0 Å². The topological polar surface area (TPSA) is 90.1 Å². The Morgan fingerprint density at radius 1 is 1.43 bits per heavy atom. The van der Waals surface area contributed by atoms with Gasteiger partial charge in [0.2, 0.25) is 5.91 Å². The predicted octanol–water partition coefficient (Wildman–Crippen LogP) is 2.50. The van der Waals surface area contributed by atoms with Gasteiger partial charge in [0.05, 0.1) is 4.92 Å². The van der Waals surface area contributed by atoms with Gasteiger partial charge in [0, 0.05) is 6.04 Å². The third-order valence-corrected chi connectivity index (χ3v) is 4.16. The SMILES string of the molecule is Cc1c([N+](=O)[O-])cnn1C(C)C(=O)NC1CCCCCC1. The van der Waals surface area contributed by atoms with Gasteiger partial charge in [0.1, 0.15) is 17.9 Å². The molecule has 0 saturated heterocycles. The Hall–Kier alpha value is -1.92. The van der Waals surface area contributed by atoms with Crippen molar-refractivity contribution >= 4 is 11.6 Å². The molecule has 1 amide bonds. The monoisotopic (exact) mass is 294 g/mol. The summed E-state index contributed by atoms with van der Waals surface area (Å²) >= 11 is 0. The number of hydrogen-bond acceptors (Lipinski definition) is 4. The van der Waals surface area contributed by atoms with Crippen molar-refractivity contribution in [3.8, 4) is 0 Å². The maximum atomic E-state index is 12.3. The first kappa shape index (κ1) is 15.5. The molecule has 7 nitrogen and oxygen atoms in total. The van der Waals surface area contributed by atoms with Crippen LogP contribution in [0.3, 0.4) is 0 Å². The highest BCUT2D eigenvalue weighted by Crippen LogP contribution is 2.21. The van der Waals surface area contributed by atoms with Crippen molar-refractivity contribution in [3.05, 3.63) is 22.0 Å².